The summed E-state index contributed by atoms with van der Waals surface area (Å²) in [5.41, 5.74) is 5.99. The van der Waals surface area contributed by atoms with Gasteiger partial charge in [-0.05, 0) is 48.5 Å². The summed E-state index contributed by atoms with van der Waals surface area (Å²) in [6.07, 6.45) is 0.850. The number of amides is 2. The molecule has 2 N–H and O–H groups in total. The fourth-order valence-electron chi connectivity index (χ4n) is 6.48. The van der Waals surface area contributed by atoms with E-state index in [-0.39, 0.29) is 35.0 Å². The molecule has 3 atom stereocenters. The fraction of sp³-hybridized carbons (Fsp3) is 0.237. The van der Waals surface area contributed by atoms with Crippen molar-refractivity contribution in [3.63, 3.8) is 0 Å². The minimum Gasteiger partial charge on any atom is -0.457 e. The Morgan fingerprint density at radius 3 is 1.88 bits per heavy atom. The van der Waals surface area contributed by atoms with E-state index in [2.05, 4.69) is 6.58 Å². The van der Waals surface area contributed by atoms with Crippen LogP contribution in [-0.4, -0.2) is 61.0 Å². The smallest absolute Gasteiger partial charge is 0.356 e. The Hall–Kier alpha value is -4.34. The minimum absolute atomic E-state index is 0.0737. The second-order valence-electron chi connectivity index (χ2n) is 12.8. The molecule has 0 bridgehead atoms. The summed E-state index contributed by atoms with van der Waals surface area (Å²) < 4.78 is 12.3. The van der Waals surface area contributed by atoms with Crippen LogP contribution in [0.3, 0.4) is 0 Å². The van der Waals surface area contributed by atoms with Crippen molar-refractivity contribution in [2.75, 3.05) is 6.61 Å². The van der Waals surface area contributed by atoms with Crippen LogP contribution in [0.5, 0.6) is 0 Å². The zero-order valence-corrected chi connectivity index (χ0v) is 30.8. The lowest BCUT2D eigenvalue weighted by Crippen LogP contribution is -2.69. The Balaban J connectivity index is 1.84. The summed E-state index contributed by atoms with van der Waals surface area (Å²) in [5.74, 6) is -2.60. The first-order chi connectivity index (χ1) is 23.4. The van der Waals surface area contributed by atoms with Crippen LogP contribution in [0.4, 0.5) is 0 Å². The van der Waals surface area contributed by atoms with Gasteiger partial charge in [-0.1, -0.05) is 104 Å². The van der Waals surface area contributed by atoms with Gasteiger partial charge in [-0.3, -0.25) is 14.4 Å². The van der Waals surface area contributed by atoms with E-state index in [4.69, 9.17) is 14.9 Å². The van der Waals surface area contributed by atoms with Crippen molar-refractivity contribution < 1.29 is 28.3 Å². The molecule has 11 heteroatoms. The van der Waals surface area contributed by atoms with Gasteiger partial charge in [0.05, 0.1) is 22.9 Å². The third kappa shape index (κ3) is 7.33. The molecule has 2 amide bonds. The maximum atomic E-state index is 14.7. The van der Waals surface area contributed by atoms with Crippen LogP contribution in [-0.2, 0) is 18.8 Å². The zero-order valence-electron chi connectivity index (χ0n) is 28.1. The summed E-state index contributed by atoms with van der Waals surface area (Å²) in [7, 11) is -2.13. The number of thiophene rings is 1. The third-order valence-electron chi connectivity index (χ3n) is 8.36. The number of nitrogens with zero attached hydrogens (tertiary/aromatic N) is 1. The van der Waals surface area contributed by atoms with Crippen LogP contribution in [0.2, 0.25) is 19.6 Å². The van der Waals surface area contributed by atoms with Gasteiger partial charge in [0.15, 0.2) is 14.1 Å². The molecule has 3 aromatic carbocycles. The number of ketones is 1. The van der Waals surface area contributed by atoms with E-state index in [1.54, 1.807) is 5.38 Å². The number of hydrogen-bond donors (Lipinski definition) is 1. The van der Waals surface area contributed by atoms with E-state index < -0.39 is 45.1 Å². The highest BCUT2D eigenvalue weighted by molar-refractivity contribution is 7.96. The number of rotatable bonds is 14. The van der Waals surface area contributed by atoms with Crippen molar-refractivity contribution in [3.05, 3.63) is 126 Å². The summed E-state index contributed by atoms with van der Waals surface area (Å²) in [4.78, 5) is 57.0. The number of nitrogens with two attached hydrogens (primary N) is 1. The van der Waals surface area contributed by atoms with Crippen molar-refractivity contribution in [3.8, 4) is 0 Å². The first kappa shape index (κ1) is 36.0. The van der Waals surface area contributed by atoms with E-state index in [1.165, 1.54) is 17.0 Å². The predicted molar refractivity (Wildman–Crippen MR) is 201 cm³/mol. The van der Waals surface area contributed by atoms with E-state index in [0.717, 1.165) is 27.3 Å². The molecule has 8 nitrogen and oxygen atoms in total. The number of benzene rings is 3. The normalized spacial score (nSPS) is 16.7. The molecule has 1 saturated heterocycles. The van der Waals surface area contributed by atoms with Crippen LogP contribution in [0, 0.1) is 5.92 Å². The van der Waals surface area contributed by atoms with Crippen LogP contribution in [0.15, 0.2) is 115 Å². The van der Waals surface area contributed by atoms with Crippen molar-refractivity contribution in [1.29, 1.82) is 0 Å². The predicted octanol–water partition coefficient (Wildman–Crippen LogP) is 5.34. The average Bonchev–Trinajstić information content (AvgIpc) is 3.59. The van der Waals surface area contributed by atoms with Crippen LogP contribution >= 0.6 is 18.2 Å². The molecule has 0 saturated carbocycles. The number of primary amides is 1. The summed E-state index contributed by atoms with van der Waals surface area (Å²) in [5, 5.41) is 4.13. The number of likely N-dealkylation sites (tertiary alicyclic amines) is 1. The molecule has 1 aliphatic heterocycles. The van der Waals surface area contributed by atoms with Gasteiger partial charge in [0.2, 0.25) is 5.91 Å². The maximum Gasteiger partial charge on any atom is 0.356 e. The number of β-lactam (4-membered cyclic amide) rings is 1. The van der Waals surface area contributed by atoms with Gasteiger partial charge in [0.25, 0.3) is 5.91 Å². The van der Waals surface area contributed by atoms with Gasteiger partial charge in [-0.25, -0.2) is 4.79 Å². The number of esters is 1. The molecular weight excluding hydrogens is 672 g/mol. The van der Waals surface area contributed by atoms with Crippen molar-refractivity contribution in [1.82, 2.24) is 4.90 Å². The molecule has 0 aliphatic carbocycles. The van der Waals surface area contributed by atoms with Gasteiger partial charge in [-0.2, -0.15) is 0 Å². The first-order valence-electron chi connectivity index (χ1n) is 16.0. The van der Waals surface area contributed by atoms with Crippen LogP contribution in [0.1, 0.15) is 33.4 Å². The van der Waals surface area contributed by atoms with E-state index in [9.17, 15) is 19.2 Å². The molecule has 0 spiro atoms. The fourth-order valence-corrected chi connectivity index (χ4v) is 12.9. The lowest BCUT2D eigenvalue weighted by Gasteiger charge is -2.52. The van der Waals surface area contributed by atoms with Crippen molar-refractivity contribution in [2.45, 2.75) is 45.1 Å². The molecule has 49 heavy (non-hydrogen) atoms. The largest absolute Gasteiger partial charge is 0.457 e. The lowest BCUT2D eigenvalue weighted by atomic mass is 9.80. The number of hydrogen-bond acceptors (Lipinski definition) is 7. The van der Waals surface area contributed by atoms with Gasteiger partial charge in [-0.15, -0.1) is 11.3 Å². The number of carbonyl (C=O) groups excluding carboxylic acids is 4. The van der Waals surface area contributed by atoms with Gasteiger partial charge in [0, 0.05) is 24.3 Å². The molecular formula is C38H41N2O6PSSi. The highest BCUT2D eigenvalue weighted by Crippen LogP contribution is 2.50. The number of ether oxygens (including phenoxy) is 1. The highest BCUT2D eigenvalue weighted by atomic mass is 32.1. The Kier molecular flexibility index (Phi) is 11.0. The second-order valence-corrected chi connectivity index (χ2v) is 21.5. The minimum atomic E-state index is -3.17. The third-order valence-corrected chi connectivity index (χ3v) is 14.6. The van der Waals surface area contributed by atoms with Crippen LogP contribution in [0.25, 0.3) is 0 Å². The van der Waals surface area contributed by atoms with Gasteiger partial charge < -0.3 is 19.8 Å². The summed E-state index contributed by atoms with van der Waals surface area (Å²) in [6.45, 7) is 8.49. The average molecular weight is 713 g/mol. The number of Topliss-reactive ketones (excluding diaryl/α,β-unsaturated/α-hetero) is 1. The summed E-state index contributed by atoms with van der Waals surface area (Å²) in [6, 6.07) is 29.8. The molecule has 254 valence electrons. The van der Waals surface area contributed by atoms with Gasteiger partial charge >= 0.3 is 5.97 Å². The molecule has 5 rings (SSSR count). The molecule has 4 aromatic rings. The topological polar surface area (TPSA) is 116 Å². The second kappa shape index (κ2) is 15.0. The molecule has 1 fully saturated rings. The Labute approximate surface area is 292 Å². The first-order valence-corrected chi connectivity index (χ1v) is 22.1. The molecule has 1 aromatic heterocycles. The van der Waals surface area contributed by atoms with E-state index in [0.29, 0.717) is 5.56 Å². The quantitative estimate of drug-likeness (QED) is 0.0472. The standard InChI is InChI=1S/C38H41N2O6PSSi/c1-6-22-45-38(44)37(47(28-16-10-7-11-17-28,29-18-12-8-13-19-29)30-20-14-9-15-21-30)40-31(34(36(40)43)26(2)46-49(3,4)5)24-32(41)27-23-33(35(39)42)48-25-27/h6-21,23,25-26,31,34H,1,22,24H2,2-5H3,(H2,39,42). The van der Waals surface area contributed by atoms with E-state index in [1.807, 2.05) is 118 Å². The lowest BCUT2D eigenvalue weighted by molar-refractivity contribution is -0.156. The van der Waals surface area contributed by atoms with Crippen molar-refractivity contribution >= 4 is 71.4 Å². The van der Waals surface area contributed by atoms with Gasteiger partial charge in [0.1, 0.15) is 12.0 Å². The highest BCUT2D eigenvalue weighted by Gasteiger charge is 2.56. The number of carbonyl (C=O) groups is 4. The monoisotopic (exact) mass is 712 g/mol. The Bertz CT molecular complexity index is 1800. The molecule has 0 radical (unpaired) electrons. The molecule has 1 aliphatic rings. The van der Waals surface area contributed by atoms with E-state index >= 15 is 0 Å². The summed E-state index contributed by atoms with van der Waals surface area (Å²) >= 11 is 1.09. The zero-order chi connectivity index (χ0) is 35.3. The molecule has 3 unspecified atom stereocenters. The SMILES string of the molecule is C=CCOC(=O)C(N1C(=O)C(C(C)O[Si](C)(C)C)C1CC(=O)c1csc(C(N)=O)c1)=P(c1ccccc1)(c1ccccc1)c1ccccc1. The Morgan fingerprint density at radius 1 is 0.939 bits per heavy atom. The molecule has 2 heterocycles. The Morgan fingerprint density at radius 2 is 1.45 bits per heavy atom. The van der Waals surface area contributed by atoms with Crippen LogP contribution < -0.4 is 21.6 Å². The van der Waals surface area contributed by atoms with Crippen molar-refractivity contribution in [2.24, 2.45) is 11.7 Å². The maximum absolute atomic E-state index is 14.7.